The number of nitrogens with zero attached hydrogens (tertiary/aromatic N) is 1. The Hall–Kier alpha value is -1.41. The summed E-state index contributed by atoms with van der Waals surface area (Å²) in [5.74, 6) is -0.153. The molecule has 1 aliphatic heterocycles. The van der Waals surface area contributed by atoms with Gasteiger partial charge in [0.05, 0.1) is 23.0 Å². The highest BCUT2D eigenvalue weighted by Gasteiger charge is 2.32. The average molecular weight is 392 g/mol. The lowest BCUT2D eigenvalue weighted by atomic mass is 9.79. The van der Waals surface area contributed by atoms with E-state index in [9.17, 15) is 14.9 Å². The van der Waals surface area contributed by atoms with Gasteiger partial charge in [-0.3, -0.25) is 14.9 Å². The Kier molecular flexibility index (Phi) is 8.58. The van der Waals surface area contributed by atoms with E-state index in [1.165, 1.54) is 18.2 Å². The zero-order valence-corrected chi connectivity index (χ0v) is 15.6. The molecule has 0 atom stereocenters. The van der Waals surface area contributed by atoms with Gasteiger partial charge in [0, 0.05) is 31.2 Å². The summed E-state index contributed by atoms with van der Waals surface area (Å²) in [6, 6.07) is 4.15. The van der Waals surface area contributed by atoms with Gasteiger partial charge in [0.1, 0.15) is 0 Å². The van der Waals surface area contributed by atoms with Crippen molar-refractivity contribution in [2.45, 2.75) is 19.3 Å². The van der Waals surface area contributed by atoms with E-state index in [0.717, 1.165) is 25.9 Å². The highest BCUT2D eigenvalue weighted by atomic mass is 35.5. The molecule has 7 nitrogen and oxygen atoms in total. The van der Waals surface area contributed by atoms with Crippen LogP contribution in [0.25, 0.3) is 0 Å². The first-order valence-electron chi connectivity index (χ1n) is 7.85. The van der Waals surface area contributed by atoms with Crippen LogP contribution < -0.4 is 10.6 Å². The Morgan fingerprint density at radius 1 is 1.44 bits per heavy atom. The molecule has 1 fully saturated rings. The number of benzene rings is 1. The molecule has 140 valence electrons. The maximum Gasteiger partial charge on any atom is 0.270 e. The number of carbonyl (C=O) groups is 1. The molecule has 25 heavy (non-hydrogen) atoms. The number of piperidine rings is 1. The molecule has 1 amide bonds. The summed E-state index contributed by atoms with van der Waals surface area (Å²) in [7, 11) is 1.67. The topological polar surface area (TPSA) is 93.5 Å². The molecule has 0 aliphatic carbocycles. The molecule has 1 saturated heterocycles. The number of rotatable bonds is 7. The van der Waals surface area contributed by atoms with E-state index in [-0.39, 0.29) is 40.9 Å². The van der Waals surface area contributed by atoms with Crippen molar-refractivity contribution < 1.29 is 14.5 Å². The van der Waals surface area contributed by atoms with Gasteiger partial charge < -0.3 is 15.4 Å². The number of nitro benzene ring substituents is 1. The predicted molar refractivity (Wildman–Crippen MR) is 98.5 cm³/mol. The number of nitro groups is 1. The van der Waals surface area contributed by atoms with Gasteiger partial charge >= 0.3 is 0 Å². The summed E-state index contributed by atoms with van der Waals surface area (Å²) in [4.78, 5) is 22.4. The molecule has 1 aromatic rings. The largest absolute Gasteiger partial charge is 0.384 e. The minimum absolute atomic E-state index is 0. The zero-order valence-electron chi connectivity index (χ0n) is 14.0. The minimum Gasteiger partial charge on any atom is -0.384 e. The van der Waals surface area contributed by atoms with E-state index < -0.39 is 4.92 Å². The Labute approximate surface area is 158 Å². The van der Waals surface area contributed by atoms with Gasteiger partial charge in [-0.05, 0) is 31.5 Å². The predicted octanol–water partition coefficient (Wildman–Crippen LogP) is 2.34. The summed E-state index contributed by atoms with van der Waals surface area (Å²) in [5, 5.41) is 17.2. The third kappa shape index (κ3) is 6.11. The lowest BCUT2D eigenvalue weighted by molar-refractivity contribution is -0.384. The molecule has 9 heteroatoms. The van der Waals surface area contributed by atoms with Gasteiger partial charge in [-0.25, -0.2) is 0 Å². The number of non-ortho nitro benzene ring substituents is 1. The molecule has 0 aromatic heterocycles. The second-order valence-corrected chi connectivity index (χ2v) is 6.58. The molecule has 0 spiro atoms. The summed E-state index contributed by atoms with van der Waals surface area (Å²) >= 11 is 6.03. The van der Waals surface area contributed by atoms with Gasteiger partial charge in [-0.15, -0.1) is 12.4 Å². The summed E-state index contributed by atoms with van der Waals surface area (Å²) in [6.07, 6.45) is 1.98. The quantitative estimate of drug-likeness (QED) is 0.549. The second kappa shape index (κ2) is 9.91. The van der Waals surface area contributed by atoms with Gasteiger partial charge in [-0.1, -0.05) is 17.7 Å². The Morgan fingerprint density at radius 3 is 2.68 bits per heavy atom. The molecule has 1 heterocycles. The number of methoxy groups -OCH3 is 1. The van der Waals surface area contributed by atoms with Crippen LogP contribution in [-0.4, -0.2) is 44.2 Å². The fourth-order valence-electron chi connectivity index (χ4n) is 2.95. The number of nitrogens with one attached hydrogen (secondary N) is 2. The van der Waals surface area contributed by atoms with Crippen molar-refractivity contribution in [3.05, 3.63) is 38.9 Å². The Bertz CT molecular complexity index is 602. The Morgan fingerprint density at radius 2 is 2.12 bits per heavy atom. The molecular weight excluding hydrogens is 369 g/mol. The van der Waals surface area contributed by atoms with Crippen LogP contribution in [-0.2, 0) is 16.0 Å². The highest BCUT2D eigenvalue weighted by molar-refractivity contribution is 6.31. The maximum absolute atomic E-state index is 12.2. The molecule has 0 saturated carbocycles. The van der Waals surface area contributed by atoms with Crippen molar-refractivity contribution in [2.75, 3.05) is 33.4 Å². The van der Waals surface area contributed by atoms with E-state index in [0.29, 0.717) is 18.7 Å². The summed E-state index contributed by atoms with van der Waals surface area (Å²) in [6.45, 7) is 2.97. The lowest BCUT2D eigenvalue weighted by Gasteiger charge is -2.37. The summed E-state index contributed by atoms with van der Waals surface area (Å²) in [5.41, 5.74) is 0.443. The first kappa shape index (κ1) is 21.6. The van der Waals surface area contributed by atoms with Gasteiger partial charge in [0.15, 0.2) is 0 Å². The lowest BCUT2D eigenvalue weighted by Crippen LogP contribution is -2.47. The first-order chi connectivity index (χ1) is 11.5. The third-order valence-corrected chi connectivity index (χ3v) is 4.73. The van der Waals surface area contributed by atoms with Crippen LogP contribution in [0.5, 0.6) is 0 Å². The third-order valence-electron chi connectivity index (χ3n) is 4.37. The standard InChI is InChI=1S/C16H22ClN3O4.ClH/c1-24-11-16(4-6-18-7-5-16)10-19-15(21)8-12-2-3-13(20(22)23)9-14(12)17;/h2-3,9,18H,4-8,10-11H2,1H3,(H,19,21);1H. The zero-order chi connectivity index (χ0) is 17.6. The molecule has 2 N–H and O–H groups in total. The van der Waals surface area contributed by atoms with Gasteiger partial charge in [0.25, 0.3) is 5.69 Å². The van der Waals surface area contributed by atoms with Crippen LogP contribution in [0.2, 0.25) is 5.02 Å². The van der Waals surface area contributed by atoms with E-state index in [2.05, 4.69) is 10.6 Å². The number of hydrogen-bond donors (Lipinski definition) is 2. The second-order valence-electron chi connectivity index (χ2n) is 6.17. The number of amides is 1. The Balaban J connectivity index is 0.00000312. The van der Waals surface area contributed by atoms with E-state index >= 15 is 0 Å². The number of carbonyl (C=O) groups excluding carboxylic acids is 1. The molecule has 0 unspecified atom stereocenters. The molecular formula is C16H23Cl2N3O4. The normalized spacial score (nSPS) is 15.9. The fraction of sp³-hybridized carbons (Fsp3) is 0.562. The van der Waals surface area contributed by atoms with Crippen molar-refractivity contribution in [1.29, 1.82) is 0 Å². The van der Waals surface area contributed by atoms with Gasteiger partial charge in [-0.2, -0.15) is 0 Å². The SMILES string of the molecule is COCC1(CNC(=O)Cc2ccc([N+](=O)[O-])cc2Cl)CCNCC1.Cl. The maximum atomic E-state index is 12.2. The molecule has 2 rings (SSSR count). The molecule has 1 aromatic carbocycles. The summed E-state index contributed by atoms with van der Waals surface area (Å²) < 4.78 is 5.33. The number of ether oxygens (including phenoxy) is 1. The van der Waals surface area contributed by atoms with Crippen molar-refractivity contribution in [3.63, 3.8) is 0 Å². The van der Waals surface area contributed by atoms with Crippen molar-refractivity contribution in [1.82, 2.24) is 10.6 Å². The van der Waals surface area contributed by atoms with Crippen LogP contribution >= 0.6 is 24.0 Å². The number of halogens is 2. The van der Waals surface area contributed by atoms with Gasteiger partial charge in [0.2, 0.25) is 5.91 Å². The van der Waals surface area contributed by atoms with Crippen molar-refractivity contribution >= 4 is 35.6 Å². The highest BCUT2D eigenvalue weighted by Crippen LogP contribution is 2.28. The van der Waals surface area contributed by atoms with E-state index in [1.54, 1.807) is 7.11 Å². The minimum atomic E-state index is -0.513. The van der Waals surface area contributed by atoms with Crippen molar-refractivity contribution in [2.24, 2.45) is 5.41 Å². The molecule has 0 radical (unpaired) electrons. The van der Waals surface area contributed by atoms with Crippen LogP contribution in [0.3, 0.4) is 0 Å². The first-order valence-corrected chi connectivity index (χ1v) is 8.23. The van der Waals surface area contributed by atoms with Crippen molar-refractivity contribution in [3.8, 4) is 0 Å². The van der Waals surface area contributed by atoms with Crippen LogP contribution in [0.1, 0.15) is 18.4 Å². The molecule has 1 aliphatic rings. The van der Waals surface area contributed by atoms with Crippen LogP contribution in [0, 0.1) is 15.5 Å². The average Bonchev–Trinajstić information content (AvgIpc) is 2.56. The monoisotopic (exact) mass is 391 g/mol. The number of hydrogen-bond acceptors (Lipinski definition) is 5. The van der Waals surface area contributed by atoms with E-state index in [4.69, 9.17) is 16.3 Å². The van der Waals surface area contributed by atoms with Crippen LogP contribution in [0.15, 0.2) is 18.2 Å². The van der Waals surface area contributed by atoms with E-state index in [1.807, 2.05) is 0 Å². The fourth-order valence-corrected chi connectivity index (χ4v) is 3.19. The molecule has 0 bridgehead atoms. The smallest absolute Gasteiger partial charge is 0.270 e. The van der Waals surface area contributed by atoms with Crippen LogP contribution in [0.4, 0.5) is 5.69 Å².